The Kier molecular flexibility index (Phi) is 4.40. The van der Waals surface area contributed by atoms with Gasteiger partial charge in [0.25, 0.3) is 5.91 Å². The Morgan fingerprint density at radius 3 is 2.52 bits per heavy atom. The lowest BCUT2D eigenvalue weighted by Gasteiger charge is -2.14. The maximum atomic E-state index is 12.9. The second kappa shape index (κ2) is 6.88. The first kappa shape index (κ1) is 17.3. The second-order valence-electron chi connectivity index (χ2n) is 6.99. The van der Waals surface area contributed by atoms with Crippen LogP contribution in [0.15, 0.2) is 60.7 Å². The number of fused-ring (bicyclic) bond motifs is 3. The molecule has 0 spiro atoms. The van der Waals surface area contributed by atoms with E-state index in [1.807, 2.05) is 48.5 Å². The van der Waals surface area contributed by atoms with Crippen molar-refractivity contribution in [2.75, 3.05) is 5.32 Å². The molecule has 0 fully saturated rings. The van der Waals surface area contributed by atoms with Crippen LogP contribution >= 0.6 is 0 Å². The zero-order chi connectivity index (χ0) is 19.0. The molecule has 0 bridgehead atoms. The van der Waals surface area contributed by atoms with Crippen molar-refractivity contribution < 1.29 is 4.79 Å². The maximum Gasteiger partial charge on any atom is 0.274 e. The van der Waals surface area contributed by atoms with E-state index in [0.29, 0.717) is 5.69 Å². The van der Waals surface area contributed by atoms with E-state index in [-0.39, 0.29) is 11.8 Å². The number of carbonyl (C=O) groups excluding carboxylic acids is 1. The summed E-state index contributed by atoms with van der Waals surface area (Å²) in [6.07, 6.45) is 0.966. The molecule has 1 N–H and O–H groups in total. The molecule has 2 heterocycles. The van der Waals surface area contributed by atoms with E-state index >= 15 is 0 Å². The van der Waals surface area contributed by atoms with Gasteiger partial charge in [-0.25, -0.2) is 4.98 Å². The summed E-state index contributed by atoms with van der Waals surface area (Å²) in [7, 11) is 2.07. The minimum absolute atomic E-state index is 0.180. The largest absolute Gasteiger partial charge is 0.342 e. The first-order chi connectivity index (χ1) is 13.1. The molecule has 27 heavy (non-hydrogen) atoms. The molecule has 4 heteroatoms. The van der Waals surface area contributed by atoms with Crippen LogP contribution in [0.1, 0.15) is 42.4 Å². The van der Waals surface area contributed by atoms with Crippen LogP contribution in [0.25, 0.3) is 21.8 Å². The molecule has 0 aliphatic heterocycles. The van der Waals surface area contributed by atoms with Crippen LogP contribution in [0.2, 0.25) is 0 Å². The van der Waals surface area contributed by atoms with Gasteiger partial charge >= 0.3 is 0 Å². The Hall–Kier alpha value is -3.14. The van der Waals surface area contributed by atoms with E-state index in [1.165, 1.54) is 0 Å². The number of para-hydroxylation sites is 2. The number of pyridine rings is 1. The van der Waals surface area contributed by atoms with E-state index in [0.717, 1.165) is 39.6 Å². The van der Waals surface area contributed by atoms with Gasteiger partial charge in [-0.1, -0.05) is 50.2 Å². The molecule has 1 atom stereocenters. The minimum Gasteiger partial charge on any atom is -0.342 e. The number of hydrogen-bond donors (Lipinski definition) is 1. The molecular formula is C23H23N3O. The Morgan fingerprint density at radius 2 is 1.78 bits per heavy atom. The zero-order valence-electron chi connectivity index (χ0n) is 15.9. The molecule has 0 aliphatic carbocycles. The molecule has 0 radical (unpaired) electrons. The summed E-state index contributed by atoms with van der Waals surface area (Å²) >= 11 is 0. The van der Waals surface area contributed by atoms with E-state index in [2.05, 4.69) is 42.9 Å². The average Bonchev–Trinajstić information content (AvgIpc) is 3.00. The van der Waals surface area contributed by atoms with E-state index in [9.17, 15) is 4.79 Å². The normalized spacial score (nSPS) is 12.4. The first-order valence-electron chi connectivity index (χ1n) is 9.34. The van der Waals surface area contributed by atoms with Gasteiger partial charge in [0, 0.05) is 34.9 Å². The number of hydrogen-bond acceptors (Lipinski definition) is 2. The van der Waals surface area contributed by atoms with Crippen molar-refractivity contribution in [2.45, 2.75) is 26.2 Å². The summed E-state index contributed by atoms with van der Waals surface area (Å²) < 4.78 is 2.19. The second-order valence-corrected chi connectivity index (χ2v) is 6.99. The number of benzene rings is 2. The van der Waals surface area contributed by atoms with Crippen molar-refractivity contribution in [2.24, 2.45) is 7.05 Å². The number of aromatic nitrogens is 2. The predicted octanol–water partition coefficient (Wildman–Crippen LogP) is 5.49. The van der Waals surface area contributed by atoms with Crippen LogP contribution in [0.5, 0.6) is 0 Å². The molecule has 0 saturated heterocycles. The third kappa shape index (κ3) is 2.97. The van der Waals surface area contributed by atoms with Crippen LogP contribution in [-0.4, -0.2) is 15.5 Å². The molecular weight excluding hydrogens is 334 g/mol. The molecule has 4 nitrogen and oxygen atoms in total. The summed E-state index contributed by atoms with van der Waals surface area (Å²) in [6.45, 7) is 4.32. The van der Waals surface area contributed by atoms with Crippen molar-refractivity contribution in [3.8, 4) is 0 Å². The Bertz CT molecular complexity index is 1130. The fourth-order valence-electron chi connectivity index (χ4n) is 3.60. The quantitative estimate of drug-likeness (QED) is 0.525. The first-order valence-corrected chi connectivity index (χ1v) is 9.34. The van der Waals surface area contributed by atoms with Crippen LogP contribution in [0, 0.1) is 0 Å². The van der Waals surface area contributed by atoms with Crippen molar-refractivity contribution >= 4 is 33.4 Å². The van der Waals surface area contributed by atoms with Gasteiger partial charge in [-0.15, -0.1) is 0 Å². The predicted molar refractivity (Wildman–Crippen MR) is 111 cm³/mol. The lowest BCUT2D eigenvalue weighted by Crippen LogP contribution is -2.15. The number of anilines is 1. The van der Waals surface area contributed by atoms with Gasteiger partial charge in [-0.2, -0.15) is 0 Å². The molecule has 136 valence electrons. The number of aryl methyl sites for hydroxylation is 1. The zero-order valence-corrected chi connectivity index (χ0v) is 15.9. The standard InChI is InChI=1S/C23H23N3O/c1-4-15(2)21-22-18(17-12-8-9-13-20(17)26(22)3)14-19(25-21)23(27)24-16-10-6-5-7-11-16/h5-15H,4H2,1-3H3,(H,24,27). The highest BCUT2D eigenvalue weighted by molar-refractivity contribution is 6.12. The van der Waals surface area contributed by atoms with Gasteiger partial charge in [0.2, 0.25) is 0 Å². The highest BCUT2D eigenvalue weighted by atomic mass is 16.1. The monoisotopic (exact) mass is 357 g/mol. The lowest BCUT2D eigenvalue weighted by atomic mass is 10.0. The van der Waals surface area contributed by atoms with Crippen molar-refractivity contribution in [3.05, 3.63) is 72.1 Å². The van der Waals surface area contributed by atoms with Crippen molar-refractivity contribution in [1.29, 1.82) is 0 Å². The van der Waals surface area contributed by atoms with Gasteiger partial charge in [0.05, 0.1) is 11.2 Å². The third-order valence-electron chi connectivity index (χ3n) is 5.25. The van der Waals surface area contributed by atoms with Crippen LogP contribution in [-0.2, 0) is 7.05 Å². The number of amides is 1. The Labute approximate surface area is 158 Å². The Balaban J connectivity index is 1.92. The summed E-state index contributed by atoms with van der Waals surface area (Å²) in [5.41, 5.74) is 4.47. The molecule has 2 aromatic heterocycles. The average molecular weight is 357 g/mol. The lowest BCUT2D eigenvalue weighted by molar-refractivity contribution is 0.102. The molecule has 0 aliphatic rings. The fourth-order valence-corrected chi connectivity index (χ4v) is 3.60. The van der Waals surface area contributed by atoms with Gasteiger partial charge in [-0.05, 0) is 30.7 Å². The number of carbonyl (C=O) groups is 1. The number of nitrogens with one attached hydrogen (secondary N) is 1. The van der Waals surface area contributed by atoms with Crippen LogP contribution in [0.4, 0.5) is 5.69 Å². The molecule has 4 aromatic rings. The topological polar surface area (TPSA) is 46.9 Å². The molecule has 1 unspecified atom stereocenters. The van der Waals surface area contributed by atoms with Gasteiger partial charge in [0.15, 0.2) is 0 Å². The smallest absolute Gasteiger partial charge is 0.274 e. The third-order valence-corrected chi connectivity index (χ3v) is 5.25. The minimum atomic E-state index is -0.180. The van der Waals surface area contributed by atoms with Crippen molar-refractivity contribution in [3.63, 3.8) is 0 Å². The molecule has 4 rings (SSSR count). The molecule has 2 aromatic carbocycles. The highest BCUT2D eigenvalue weighted by Gasteiger charge is 2.20. The van der Waals surface area contributed by atoms with E-state index in [1.54, 1.807) is 0 Å². The highest BCUT2D eigenvalue weighted by Crippen LogP contribution is 2.34. The number of nitrogens with zero attached hydrogens (tertiary/aromatic N) is 2. The van der Waals surface area contributed by atoms with E-state index < -0.39 is 0 Å². The maximum absolute atomic E-state index is 12.9. The fraction of sp³-hybridized carbons (Fsp3) is 0.217. The summed E-state index contributed by atoms with van der Waals surface area (Å²) in [4.78, 5) is 17.7. The van der Waals surface area contributed by atoms with Gasteiger partial charge in [0.1, 0.15) is 5.69 Å². The summed E-state index contributed by atoms with van der Waals surface area (Å²) in [5.74, 6) is 0.0839. The molecule has 1 amide bonds. The SMILES string of the molecule is CCC(C)c1nc(C(=O)Nc2ccccc2)cc2c3ccccc3n(C)c12. The molecule has 0 saturated carbocycles. The summed E-state index contributed by atoms with van der Waals surface area (Å²) in [6, 6.07) is 19.7. The van der Waals surface area contributed by atoms with Crippen LogP contribution in [0.3, 0.4) is 0 Å². The van der Waals surface area contributed by atoms with Crippen molar-refractivity contribution in [1.82, 2.24) is 9.55 Å². The van der Waals surface area contributed by atoms with Gasteiger partial charge in [-0.3, -0.25) is 4.79 Å². The summed E-state index contributed by atoms with van der Waals surface area (Å²) in [5, 5.41) is 5.18. The Morgan fingerprint density at radius 1 is 1.07 bits per heavy atom. The van der Waals surface area contributed by atoms with Gasteiger partial charge < -0.3 is 9.88 Å². The van der Waals surface area contributed by atoms with E-state index in [4.69, 9.17) is 4.98 Å². The van der Waals surface area contributed by atoms with Crippen LogP contribution < -0.4 is 5.32 Å². The number of rotatable bonds is 4.